The summed E-state index contributed by atoms with van der Waals surface area (Å²) < 4.78 is -1.32. The van der Waals surface area contributed by atoms with E-state index >= 15 is 0 Å². The van der Waals surface area contributed by atoms with Gasteiger partial charge in [0.2, 0.25) is 0 Å². The lowest BCUT2D eigenvalue weighted by Gasteiger charge is -2.04. The first kappa shape index (κ1) is 11.1. The predicted molar refractivity (Wildman–Crippen MR) is 46.3 cm³/mol. The van der Waals surface area contributed by atoms with Crippen molar-refractivity contribution in [2.75, 3.05) is 0 Å². The van der Waals surface area contributed by atoms with Crippen LogP contribution in [0.1, 0.15) is 12.8 Å². The molecule has 0 saturated heterocycles. The lowest BCUT2D eigenvalue weighted by atomic mass is 10.3. The molecule has 0 aromatic carbocycles. The quantitative estimate of drug-likeness (QED) is 0.583. The number of alkyl halides is 3. The Balaban J connectivity index is 3.53. The fraction of sp³-hybridized carbons (Fsp3) is 0.500. The monoisotopic (exact) mass is 216 g/mol. The van der Waals surface area contributed by atoms with Crippen LogP contribution in [-0.2, 0) is 4.79 Å². The van der Waals surface area contributed by atoms with Crippen molar-refractivity contribution in [2.45, 2.75) is 16.6 Å². The maximum atomic E-state index is 9.97. The molecule has 5 heteroatoms. The zero-order valence-corrected chi connectivity index (χ0v) is 7.83. The Labute approximate surface area is 79.7 Å². The maximum Gasteiger partial charge on any atom is 0.307 e. The Hall–Kier alpha value is 0.0800. The van der Waals surface area contributed by atoms with Crippen molar-refractivity contribution in [3.05, 3.63) is 12.2 Å². The Morgan fingerprint density at radius 3 is 2.27 bits per heavy atom. The highest BCUT2D eigenvalue weighted by molar-refractivity contribution is 6.67. The van der Waals surface area contributed by atoms with Crippen molar-refractivity contribution in [2.24, 2.45) is 0 Å². The minimum Gasteiger partial charge on any atom is -0.481 e. The Bertz CT molecular complexity index is 160. The highest BCUT2D eigenvalue weighted by Crippen LogP contribution is 2.30. The summed E-state index contributed by atoms with van der Waals surface area (Å²) in [5.74, 6) is -0.898. The van der Waals surface area contributed by atoms with E-state index in [-0.39, 0.29) is 12.8 Å². The van der Waals surface area contributed by atoms with Gasteiger partial charge in [-0.25, -0.2) is 0 Å². The first-order chi connectivity index (χ1) is 4.92. The number of hydrogen-bond acceptors (Lipinski definition) is 1. The summed E-state index contributed by atoms with van der Waals surface area (Å²) >= 11 is 16.1. The third kappa shape index (κ3) is 10.1. The SMILES string of the molecule is O=C(O)CC=CCC(Cl)(Cl)Cl. The topological polar surface area (TPSA) is 37.3 Å². The molecule has 1 N–H and O–H groups in total. The molecule has 0 atom stereocenters. The molecule has 2 nitrogen and oxygen atoms in total. The molecule has 0 saturated carbocycles. The number of carbonyl (C=O) groups is 1. The standard InChI is InChI=1S/C6H7Cl3O2/c7-6(8,9)4-2-1-3-5(10)11/h1-2H,3-4H2,(H,10,11). The van der Waals surface area contributed by atoms with Gasteiger partial charge in [0, 0.05) is 6.42 Å². The van der Waals surface area contributed by atoms with Crippen LogP contribution < -0.4 is 0 Å². The fourth-order valence-corrected chi connectivity index (χ4v) is 0.668. The van der Waals surface area contributed by atoms with Gasteiger partial charge in [-0.2, -0.15) is 0 Å². The van der Waals surface area contributed by atoms with Gasteiger partial charge in [-0.15, -0.1) is 0 Å². The van der Waals surface area contributed by atoms with Crippen LogP contribution in [0.3, 0.4) is 0 Å². The summed E-state index contributed by atoms with van der Waals surface area (Å²) in [5.41, 5.74) is 0. The third-order valence-corrected chi connectivity index (χ3v) is 1.27. The Kier molecular flexibility index (Phi) is 4.89. The molecule has 64 valence electrons. The highest BCUT2D eigenvalue weighted by Gasteiger charge is 2.16. The van der Waals surface area contributed by atoms with Gasteiger partial charge in [-0.3, -0.25) is 4.79 Å². The van der Waals surface area contributed by atoms with E-state index in [0.717, 1.165) is 0 Å². The predicted octanol–water partition coefficient (Wildman–Crippen LogP) is 2.78. The van der Waals surface area contributed by atoms with E-state index in [4.69, 9.17) is 39.9 Å². The second kappa shape index (κ2) is 4.86. The van der Waals surface area contributed by atoms with Gasteiger partial charge in [0.25, 0.3) is 0 Å². The van der Waals surface area contributed by atoms with E-state index < -0.39 is 9.76 Å². The lowest BCUT2D eigenvalue weighted by Crippen LogP contribution is -1.98. The van der Waals surface area contributed by atoms with Crippen molar-refractivity contribution in [1.82, 2.24) is 0 Å². The molecule has 0 amide bonds. The number of rotatable bonds is 3. The third-order valence-electron chi connectivity index (χ3n) is 0.808. The molecular weight excluding hydrogens is 210 g/mol. The smallest absolute Gasteiger partial charge is 0.307 e. The largest absolute Gasteiger partial charge is 0.481 e. The van der Waals surface area contributed by atoms with Crippen LogP contribution in [-0.4, -0.2) is 14.9 Å². The minimum absolute atomic E-state index is 0.0409. The Morgan fingerprint density at radius 2 is 1.91 bits per heavy atom. The number of allylic oxidation sites excluding steroid dienone is 1. The number of hydrogen-bond donors (Lipinski definition) is 1. The molecule has 0 spiro atoms. The Morgan fingerprint density at radius 1 is 1.36 bits per heavy atom. The number of aliphatic carboxylic acids is 1. The van der Waals surface area contributed by atoms with Crippen LogP contribution in [0.4, 0.5) is 0 Å². The second-order valence-corrected chi connectivity index (χ2v) is 4.40. The molecule has 0 aromatic heterocycles. The van der Waals surface area contributed by atoms with Gasteiger partial charge in [0.1, 0.15) is 0 Å². The van der Waals surface area contributed by atoms with Crippen LogP contribution in [0.15, 0.2) is 12.2 Å². The lowest BCUT2D eigenvalue weighted by molar-refractivity contribution is -0.136. The van der Waals surface area contributed by atoms with Gasteiger partial charge in [0.05, 0.1) is 6.42 Å². The van der Waals surface area contributed by atoms with Crippen molar-refractivity contribution < 1.29 is 9.90 Å². The number of halogens is 3. The summed E-state index contributed by atoms with van der Waals surface area (Å²) in [6.45, 7) is 0. The van der Waals surface area contributed by atoms with Crippen LogP contribution in [0.2, 0.25) is 0 Å². The summed E-state index contributed by atoms with van der Waals surface area (Å²) in [7, 11) is 0. The van der Waals surface area contributed by atoms with E-state index in [1.165, 1.54) is 12.2 Å². The van der Waals surface area contributed by atoms with Gasteiger partial charge in [0.15, 0.2) is 3.79 Å². The van der Waals surface area contributed by atoms with Crippen molar-refractivity contribution in [3.63, 3.8) is 0 Å². The molecular formula is C6H7Cl3O2. The molecule has 11 heavy (non-hydrogen) atoms. The highest BCUT2D eigenvalue weighted by atomic mass is 35.6. The molecule has 0 aliphatic rings. The molecule has 0 rings (SSSR count). The van der Waals surface area contributed by atoms with Crippen molar-refractivity contribution in [1.29, 1.82) is 0 Å². The molecule has 0 fully saturated rings. The summed E-state index contributed by atoms with van der Waals surface area (Å²) in [5, 5.41) is 8.19. The van der Waals surface area contributed by atoms with Gasteiger partial charge >= 0.3 is 5.97 Å². The van der Waals surface area contributed by atoms with Crippen LogP contribution >= 0.6 is 34.8 Å². The van der Waals surface area contributed by atoms with Crippen LogP contribution in [0, 0.1) is 0 Å². The van der Waals surface area contributed by atoms with Crippen LogP contribution in [0.25, 0.3) is 0 Å². The zero-order chi connectivity index (χ0) is 8.91. The fourth-order valence-electron chi connectivity index (χ4n) is 0.401. The van der Waals surface area contributed by atoms with Gasteiger partial charge in [-0.1, -0.05) is 47.0 Å². The maximum absolute atomic E-state index is 9.97. The zero-order valence-electron chi connectivity index (χ0n) is 5.56. The average Bonchev–Trinajstić information content (AvgIpc) is 1.78. The normalized spacial score (nSPS) is 12.3. The first-order valence-corrected chi connectivity index (χ1v) is 3.99. The molecule has 0 aromatic rings. The second-order valence-electron chi connectivity index (χ2n) is 1.89. The molecule has 0 aliphatic carbocycles. The number of carboxylic acids is 1. The van der Waals surface area contributed by atoms with Crippen molar-refractivity contribution >= 4 is 40.8 Å². The van der Waals surface area contributed by atoms with E-state index in [2.05, 4.69) is 0 Å². The van der Waals surface area contributed by atoms with Crippen LogP contribution in [0.5, 0.6) is 0 Å². The average molecular weight is 217 g/mol. The summed E-state index contributed by atoms with van der Waals surface area (Å²) in [6, 6.07) is 0. The molecule has 0 radical (unpaired) electrons. The van der Waals surface area contributed by atoms with Gasteiger partial charge < -0.3 is 5.11 Å². The summed E-state index contributed by atoms with van der Waals surface area (Å²) in [6.07, 6.45) is 3.16. The van der Waals surface area contributed by atoms with E-state index in [1.807, 2.05) is 0 Å². The first-order valence-electron chi connectivity index (χ1n) is 2.85. The molecule has 0 heterocycles. The molecule has 0 aliphatic heterocycles. The minimum atomic E-state index is -1.32. The molecule has 0 bridgehead atoms. The van der Waals surface area contributed by atoms with Crippen molar-refractivity contribution in [3.8, 4) is 0 Å². The summed E-state index contributed by atoms with van der Waals surface area (Å²) in [4.78, 5) is 9.97. The van der Waals surface area contributed by atoms with Gasteiger partial charge in [-0.05, 0) is 0 Å². The van der Waals surface area contributed by atoms with E-state index in [9.17, 15) is 4.79 Å². The van der Waals surface area contributed by atoms with E-state index in [1.54, 1.807) is 0 Å². The molecule has 0 unspecified atom stereocenters. The number of carboxylic acid groups (broad SMARTS) is 1. The van der Waals surface area contributed by atoms with E-state index in [0.29, 0.717) is 0 Å².